The minimum atomic E-state index is -0.414. The molecule has 0 aliphatic carbocycles. The van der Waals surface area contributed by atoms with Gasteiger partial charge in [0.2, 0.25) is 0 Å². The molecule has 2 heterocycles. The van der Waals surface area contributed by atoms with Crippen molar-refractivity contribution >= 4 is 29.1 Å². The van der Waals surface area contributed by atoms with Gasteiger partial charge in [-0.3, -0.25) is 9.69 Å². The summed E-state index contributed by atoms with van der Waals surface area (Å²) in [6.07, 6.45) is 0. The molecule has 0 radical (unpaired) electrons. The van der Waals surface area contributed by atoms with Gasteiger partial charge in [-0.25, -0.2) is 4.39 Å². The number of benzene rings is 2. The quantitative estimate of drug-likeness (QED) is 0.617. The predicted molar refractivity (Wildman–Crippen MR) is 107 cm³/mol. The SMILES string of the molecule is O=C(c1cccc(F)c1)N1CCN(Cc2noc(-c3ccc(Cl)cc3Cl)n2)CC1. The molecule has 0 N–H and O–H groups in total. The smallest absolute Gasteiger partial charge is 0.259 e. The van der Waals surface area contributed by atoms with Crippen LogP contribution in [0.2, 0.25) is 10.0 Å². The lowest BCUT2D eigenvalue weighted by Gasteiger charge is -2.34. The summed E-state index contributed by atoms with van der Waals surface area (Å²) in [6.45, 7) is 2.90. The summed E-state index contributed by atoms with van der Waals surface area (Å²) >= 11 is 12.1. The van der Waals surface area contributed by atoms with E-state index in [4.69, 9.17) is 27.7 Å². The number of amides is 1. The fourth-order valence-electron chi connectivity index (χ4n) is 3.20. The normalized spacial score (nSPS) is 14.9. The fraction of sp³-hybridized carbons (Fsp3) is 0.250. The van der Waals surface area contributed by atoms with Crippen LogP contribution in [0.3, 0.4) is 0 Å². The first-order valence-corrected chi connectivity index (χ1v) is 9.80. The molecule has 1 amide bonds. The molecule has 29 heavy (non-hydrogen) atoms. The first kappa shape index (κ1) is 19.8. The average Bonchev–Trinajstić information content (AvgIpc) is 3.16. The Labute approximate surface area is 176 Å². The summed E-state index contributed by atoms with van der Waals surface area (Å²) in [5.41, 5.74) is 0.987. The number of aromatic nitrogens is 2. The second-order valence-electron chi connectivity index (χ2n) is 6.72. The Morgan fingerprint density at radius 2 is 1.90 bits per heavy atom. The molecule has 2 aromatic carbocycles. The van der Waals surface area contributed by atoms with Gasteiger partial charge in [-0.15, -0.1) is 0 Å². The molecule has 4 rings (SSSR count). The molecular formula is C20H17Cl2FN4O2. The van der Waals surface area contributed by atoms with Gasteiger partial charge in [-0.2, -0.15) is 4.98 Å². The van der Waals surface area contributed by atoms with Crippen molar-refractivity contribution < 1.29 is 13.7 Å². The topological polar surface area (TPSA) is 62.5 Å². The van der Waals surface area contributed by atoms with Gasteiger partial charge in [0.15, 0.2) is 5.82 Å². The summed E-state index contributed by atoms with van der Waals surface area (Å²) < 4.78 is 18.7. The maximum atomic E-state index is 13.4. The molecule has 0 saturated carbocycles. The third kappa shape index (κ3) is 4.58. The van der Waals surface area contributed by atoms with Gasteiger partial charge in [0.25, 0.3) is 11.8 Å². The van der Waals surface area contributed by atoms with Crippen molar-refractivity contribution in [2.24, 2.45) is 0 Å². The minimum Gasteiger partial charge on any atom is -0.336 e. The average molecular weight is 435 g/mol. The summed E-state index contributed by atoms with van der Waals surface area (Å²) in [7, 11) is 0. The van der Waals surface area contributed by atoms with Gasteiger partial charge in [0.1, 0.15) is 5.82 Å². The van der Waals surface area contributed by atoms with Gasteiger partial charge in [-0.1, -0.05) is 34.4 Å². The van der Waals surface area contributed by atoms with E-state index in [9.17, 15) is 9.18 Å². The summed E-state index contributed by atoms with van der Waals surface area (Å²) in [6, 6.07) is 10.8. The van der Waals surface area contributed by atoms with Gasteiger partial charge in [-0.05, 0) is 36.4 Å². The van der Waals surface area contributed by atoms with E-state index in [1.807, 2.05) is 0 Å². The van der Waals surface area contributed by atoms with E-state index in [2.05, 4.69) is 15.0 Å². The van der Waals surface area contributed by atoms with Crippen LogP contribution in [-0.4, -0.2) is 52.0 Å². The maximum absolute atomic E-state index is 13.4. The summed E-state index contributed by atoms with van der Waals surface area (Å²) in [5, 5.41) is 4.99. The fourth-order valence-corrected chi connectivity index (χ4v) is 3.69. The number of nitrogens with zero attached hydrogens (tertiary/aromatic N) is 4. The zero-order valence-electron chi connectivity index (χ0n) is 15.3. The number of hydrogen-bond acceptors (Lipinski definition) is 5. The van der Waals surface area contributed by atoms with Crippen molar-refractivity contribution in [2.75, 3.05) is 26.2 Å². The Kier molecular flexibility index (Phi) is 5.80. The molecule has 9 heteroatoms. The first-order chi connectivity index (χ1) is 14.0. The van der Waals surface area contributed by atoms with Crippen LogP contribution in [0.25, 0.3) is 11.5 Å². The van der Waals surface area contributed by atoms with E-state index in [1.165, 1.54) is 12.1 Å². The Hall–Kier alpha value is -2.48. The lowest BCUT2D eigenvalue weighted by Crippen LogP contribution is -2.48. The van der Waals surface area contributed by atoms with Gasteiger partial charge in [0, 0.05) is 36.8 Å². The van der Waals surface area contributed by atoms with Crippen LogP contribution >= 0.6 is 23.2 Å². The highest BCUT2D eigenvalue weighted by molar-refractivity contribution is 6.36. The van der Waals surface area contributed by atoms with E-state index in [0.717, 1.165) is 0 Å². The molecule has 6 nitrogen and oxygen atoms in total. The van der Waals surface area contributed by atoms with Crippen LogP contribution in [0.15, 0.2) is 47.0 Å². The van der Waals surface area contributed by atoms with Crippen LogP contribution in [0.4, 0.5) is 4.39 Å². The van der Waals surface area contributed by atoms with E-state index in [1.54, 1.807) is 35.2 Å². The number of halogens is 3. The molecule has 150 valence electrons. The number of carbonyl (C=O) groups excluding carboxylic acids is 1. The predicted octanol–water partition coefficient (Wildman–Crippen LogP) is 4.14. The first-order valence-electron chi connectivity index (χ1n) is 9.05. The van der Waals surface area contributed by atoms with E-state index >= 15 is 0 Å². The molecule has 0 unspecified atom stereocenters. The molecule has 1 aliphatic rings. The van der Waals surface area contributed by atoms with Crippen LogP contribution in [0.1, 0.15) is 16.2 Å². The molecule has 1 aromatic heterocycles. The highest BCUT2D eigenvalue weighted by Crippen LogP contribution is 2.29. The lowest BCUT2D eigenvalue weighted by molar-refractivity contribution is 0.0624. The third-order valence-electron chi connectivity index (χ3n) is 4.73. The van der Waals surface area contributed by atoms with Gasteiger partial charge < -0.3 is 9.42 Å². The molecular weight excluding hydrogens is 418 g/mol. The lowest BCUT2D eigenvalue weighted by atomic mass is 10.1. The van der Waals surface area contributed by atoms with E-state index in [-0.39, 0.29) is 5.91 Å². The molecule has 1 saturated heterocycles. The van der Waals surface area contributed by atoms with Gasteiger partial charge >= 0.3 is 0 Å². The molecule has 1 fully saturated rings. The summed E-state index contributed by atoms with van der Waals surface area (Å²) in [4.78, 5) is 20.8. The monoisotopic (exact) mass is 434 g/mol. The van der Waals surface area contributed by atoms with Crippen molar-refractivity contribution in [1.82, 2.24) is 19.9 Å². The van der Waals surface area contributed by atoms with Crippen molar-refractivity contribution in [2.45, 2.75) is 6.54 Å². The van der Waals surface area contributed by atoms with Crippen LogP contribution < -0.4 is 0 Å². The van der Waals surface area contributed by atoms with Crippen molar-refractivity contribution in [1.29, 1.82) is 0 Å². The minimum absolute atomic E-state index is 0.164. The van der Waals surface area contributed by atoms with Crippen LogP contribution in [-0.2, 0) is 6.54 Å². The molecule has 1 aliphatic heterocycles. The zero-order chi connectivity index (χ0) is 20.4. The number of hydrogen-bond donors (Lipinski definition) is 0. The second-order valence-corrected chi connectivity index (χ2v) is 7.56. The Bertz CT molecular complexity index is 1030. The van der Waals surface area contributed by atoms with Crippen molar-refractivity contribution in [3.8, 4) is 11.5 Å². The highest BCUT2D eigenvalue weighted by atomic mass is 35.5. The number of piperazine rings is 1. The zero-order valence-corrected chi connectivity index (χ0v) is 16.8. The maximum Gasteiger partial charge on any atom is 0.259 e. The van der Waals surface area contributed by atoms with Crippen molar-refractivity contribution in [3.05, 3.63) is 69.7 Å². The second kappa shape index (κ2) is 8.49. The Balaban J connectivity index is 1.35. The third-order valence-corrected chi connectivity index (χ3v) is 5.27. The Morgan fingerprint density at radius 1 is 1.10 bits per heavy atom. The largest absolute Gasteiger partial charge is 0.336 e. The van der Waals surface area contributed by atoms with E-state index in [0.29, 0.717) is 65.6 Å². The molecule has 0 spiro atoms. The molecule has 3 aromatic rings. The van der Waals surface area contributed by atoms with Gasteiger partial charge in [0.05, 0.1) is 17.1 Å². The highest BCUT2D eigenvalue weighted by Gasteiger charge is 2.23. The molecule has 0 atom stereocenters. The number of rotatable bonds is 4. The Morgan fingerprint density at radius 3 is 2.62 bits per heavy atom. The standard InChI is InChI=1S/C20H17Cl2FN4O2/c21-14-4-5-16(17(22)11-14)19-24-18(25-29-19)12-26-6-8-27(9-7-26)20(28)13-2-1-3-15(23)10-13/h1-5,10-11H,6-9,12H2. The van der Waals surface area contributed by atoms with Crippen molar-refractivity contribution in [3.63, 3.8) is 0 Å². The molecule has 0 bridgehead atoms. The van der Waals surface area contributed by atoms with E-state index < -0.39 is 5.82 Å². The summed E-state index contributed by atoms with van der Waals surface area (Å²) in [5.74, 6) is 0.295. The number of carbonyl (C=O) groups is 1. The van der Waals surface area contributed by atoms with Crippen LogP contribution in [0.5, 0.6) is 0 Å². The van der Waals surface area contributed by atoms with Crippen LogP contribution in [0, 0.1) is 5.82 Å².